The van der Waals surface area contributed by atoms with Crippen molar-refractivity contribution in [1.82, 2.24) is 5.32 Å². The molecule has 0 aliphatic rings. The van der Waals surface area contributed by atoms with Gasteiger partial charge in [-0.15, -0.1) is 0 Å². The smallest absolute Gasteiger partial charge is 0.322 e. The highest BCUT2D eigenvalue weighted by Gasteiger charge is 2.15. The van der Waals surface area contributed by atoms with Gasteiger partial charge in [-0.1, -0.05) is 46.9 Å². The predicted octanol–water partition coefficient (Wildman–Crippen LogP) is 4.08. The van der Waals surface area contributed by atoms with Crippen LogP contribution in [0.5, 0.6) is 5.75 Å². The van der Waals surface area contributed by atoms with Gasteiger partial charge in [-0.25, -0.2) is 0 Å². The third kappa shape index (κ3) is 4.94. The maximum atomic E-state index is 11.9. The van der Waals surface area contributed by atoms with Crippen LogP contribution in [-0.2, 0) is 11.4 Å². The number of benzene rings is 2. The normalized spacial score (nSPS) is 10.3. The summed E-state index contributed by atoms with van der Waals surface area (Å²) in [6, 6.07) is 8.17. The van der Waals surface area contributed by atoms with Crippen molar-refractivity contribution >= 4 is 52.4 Å². The lowest BCUT2D eigenvalue weighted by molar-refractivity contribution is -0.135. The molecule has 0 aliphatic carbocycles. The van der Waals surface area contributed by atoms with Crippen LogP contribution < -0.4 is 15.4 Å². The molecule has 2 aromatic carbocycles. The number of carbonyl (C=O) groups excluding carboxylic acids is 1. The monoisotopic (exact) mass is 416 g/mol. The lowest BCUT2D eigenvalue weighted by atomic mass is 10.2. The molecule has 2 rings (SSSR count). The van der Waals surface area contributed by atoms with Crippen molar-refractivity contribution in [3.8, 4) is 5.75 Å². The summed E-state index contributed by atoms with van der Waals surface area (Å²) in [7, 11) is 1.76. The van der Waals surface area contributed by atoms with Crippen molar-refractivity contribution in [1.29, 1.82) is 0 Å². The standard InChI is InChI=1S/C17H15Cl3N2O4/c1-21-13-4-2-3-9(15(13)20)8-26-16-11(18)5-10(6-12(16)19)17(25)22-7-14(23)24/h2-6,21H,7-8H2,1H3,(H,22,25)(H,23,24). The Kier molecular flexibility index (Phi) is 6.97. The molecule has 1 amide bonds. The van der Waals surface area contributed by atoms with Crippen LogP contribution in [0.2, 0.25) is 15.1 Å². The van der Waals surface area contributed by atoms with Crippen LogP contribution >= 0.6 is 34.8 Å². The third-order valence-electron chi connectivity index (χ3n) is 3.38. The van der Waals surface area contributed by atoms with Crippen LogP contribution in [0.1, 0.15) is 15.9 Å². The first-order valence-corrected chi connectivity index (χ1v) is 8.53. The van der Waals surface area contributed by atoms with Gasteiger partial charge < -0.3 is 20.5 Å². The lowest BCUT2D eigenvalue weighted by Crippen LogP contribution is -2.29. The highest BCUT2D eigenvalue weighted by molar-refractivity contribution is 6.37. The van der Waals surface area contributed by atoms with E-state index in [1.54, 1.807) is 13.1 Å². The Morgan fingerprint density at radius 1 is 1.15 bits per heavy atom. The molecule has 0 bridgehead atoms. The number of nitrogens with one attached hydrogen (secondary N) is 2. The molecule has 0 saturated carbocycles. The van der Waals surface area contributed by atoms with Crippen molar-refractivity contribution < 1.29 is 19.4 Å². The Morgan fingerprint density at radius 2 is 1.81 bits per heavy atom. The summed E-state index contributed by atoms with van der Waals surface area (Å²) >= 11 is 18.6. The first kappa shape index (κ1) is 20.2. The third-order valence-corrected chi connectivity index (χ3v) is 4.39. The molecule has 0 radical (unpaired) electrons. The number of hydrogen-bond donors (Lipinski definition) is 3. The quantitative estimate of drug-likeness (QED) is 0.632. The summed E-state index contributed by atoms with van der Waals surface area (Å²) < 4.78 is 5.66. The van der Waals surface area contributed by atoms with Crippen molar-refractivity contribution in [3.05, 3.63) is 56.5 Å². The lowest BCUT2D eigenvalue weighted by Gasteiger charge is -2.14. The van der Waals surface area contributed by atoms with E-state index in [-0.39, 0.29) is 28.0 Å². The minimum atomic E-state index is -1.16. The van der Waals surface area contributed by atoms with Crippen molar-refractivity contribution in [2.75, 3.05) is 18.9 Å². The number of rotatable bonds is 7. The fraction of sp³-hybridized carbons (Fsp3) is 0.176. The van der Waals surface area contributed by atoms with E-state index >= 15 is 0 Å². The number of carbonyl (C=O) groups is 2. The zero-order valence-corrected chi connectivity index (χ0v) is 15.9. The van der Waals surface area contributed by atoms with Gasteiger partial charge in [0.25, 0.3) is 5.91 Å². The fourth-order valence-corrected chi connectivity index (χ4v) is 2.99. The van der Waals surface area contributed by atoms with Gasteiger partial charge in [-0.3, -0.25) is 9.59 Å². The molecule has 0 unspecified atom stereocenters. The zero-order chi connectivity index (χ0) is 19.3. The second-order valence-electron chi connectivity index (χ2n) is 5.16. The molecule has 9 heteroatoms. The molecule has 0 spiro atoms. The average Bonchev–Trinajstić information content (AvgIpc) is 2.60. The van der Waals surface area contributed by atoms with Crippen LogP contribution in [-0.4, -0.2) is 30.6 Å². The number of hydrogen-bond acceptors (Lipinski definition) is 4. The van der Waals surface area contributed by atoms with Gasteiger partial charge in [0.15, 0.2) is 5.75 Å². The number of amides is 1. The predicted molar refractivity (Wildman–Crippen MR) is 102 cm³/mol. The topological polar surface area (TPSA) is 87.7 Å². The molecule has 2 aromatic rings. The molecule has 6 nitrogen and oxygen atoms in total. The SMILES string of the molecule is CNc1cccc(COc2c(Cl)cc(C(=O)NCC(=O)O)cc2Cl)c1Cl. The van der Waals surface area contributed by atoms with E-state index in [0.29, 0.717) is 5.02 Å². The van der Waals surface area contributed by atoms with Gasteiger partial charge in [-0.05, 0) is 18.2 Å². The van der Waals surface area contributed by atoms with Crippen LogP contribution in [0, 0.1) is 0 Å². The zero-order valence-electron chi connectivity index (χ0n) is 13.6. The maximum absolute atomic E-state index is 11.9. The molecular weight excluding hydrogens is 403 g/mol. The van der Waals surface area contributed by atoms with E-state index < -0.39 is 18.4 Å². The summed E-state index contributed by atoms with van der Waals surface area (Å²) in [4.78, 5) is 22.4. The Balaban J connectivity index is 2.16. The van der Waals surface area contributed by atoms with E-state index in [2.05, 4.69) is 10.6 Å². The Labute approximate surface area is 165 Å². The van der Waals surface area contributed by atoms with Crippen LogP contribution in [0.4, 0.5) is 5.69 Å². The largest absolute Gasteiger partial charge is 0.486 e. The fourth-order valence-electron chi connectivity index (χ4n) is 2.12. The van der Waals surface area contributed by atoms with Crippen LogP contribution in [0.25, 0.3) is 0 Å². The highest BCUT2D eigenvalue weighted by Crippen LogP contribution is 2.35. The van der Waals surface area contributed by atoms with Gasteiger partial charge in [0.2, 0.25) is 0 Å². The number of carboxylic acids is 1. The molecule has 0 heterocycles. The van der Waals surface area contributed by atoms with E-state index in [0.717, 1.165) is 11.3 Å². The van der Waals surface area contributed by atoms with Crippen molar-refractivity contribution in [3.63, 3.8) is 0 Å². The van der Waals surface area contributed by atoms with Gasteiger partial charge in [0, 0.05) is 18.2 Å². The average molecular weight is 418 g/mol. The second kappa shape index (κ2) is 8.98. The maximum Gasteiger partial charge on any atom is 0.322 e. The van der Waals surface area contributed by atoms with Gasteiger partial charge in [-0.2, -0.15) is 0 Å². The van der Waals surface area contributed by atoms with E-state index in [1.165, 1.54) is 12.1 Å². The summed E-state index contributed by atoms with van der Waals surface area (Å²) in [5.41, 5.74) is 1.62. The number of aliphatic carboxylic acids is 1. The van der Waals surface area contributed by atoms with Gasteiger partial charge in [0.05, 0.1) is 20.8 Å². The molecule has 0 aromatic heterocycles. The van der Waals surface area contributed by atoms with Crippen LogP contribution in [0.15, 0.2) is 30.3 Å². The molecule has 0 aliphatic heterocycles. The van der Waals surface area contributed by atoms with Gasteiger partial charge >= 0.3 is 5.97 Å². The van der Waals surface area contributed by atoms with E-state index in [1.807, 2.05) is 12.1 Å². The van der Waals surface area contributed by atoms with Crippen LogP contribution in [0.3, 0.4) is 0 Å². The number of carboxylic acid groups (broad SMARTS) is 1. The summed E-state index contributed by atoms with van der Waals surface area (Å²) in [6.45, 7) is -0.384. The summed E-state index contributed by atoms with van der Waals surface area (Å²) in [6.07, 6.45) is 0. The molecule has 3 N–H and O–H groups in total. The minimum Gasteiger partial charge on any atom is -0.486 e. The minimum absolute atomic E-state index is 0.123. The molecule has 26 heavy (non-hydrogen) atoms. The second-order valence-corrected chi connectivity index (χ2v) is 6.36. The molecule has 0 saturated heterocycles. The molecule has 0 atom stereocenters. The number of anilines is 1. The van der Waals surface area contributed by atoms with E-state index in [4.69, 9.17) is 44.6 Å². The van der Waals surface area contributed by atoms with Gasteiger partial charge in [0.1, 0.15) is 13.2 Å². The summed E-state index contributed by atoms with van der Waals surface area (Å²) in [5.74, 6) is -1.56. The first-order chi connectivity index (χ1) is 12.3. The molecule has 138 valence electrons. The molecular formula is C17H15Cl3N2O4. The number of ether oxygens (including phenoxy) is 1. The first-order valence-electron chi connectivity index (χ1n) is 7.40. The van der Waals surface area contributed by atoms with Crippen molar-refractivity contribution in [2.24, 2.45) is 0 Å². The number of halogens is 3. The highest BCUT2D eigenvalue weighted by atomic mass is 35.5. The Bertz CT molecular complexity index is 820. The summed E-state index contributed by atoms with van der Waals surface area (Å²) in [5, 5.41) is 14.6. The molecule has 0 fully saturated rings. The van der Waals surface area contributed by atoms with E-state index in [9.17, 15) is 9.59 Å². The Hall–Kier alpha value is -2.15. The Morgan fingerprint density at radius 3 is 2.38 bits per heavy atom. The van der Waals surface area contributed by atoms with Crippen molar-refractivity contribution in [2.45, 2.75) is 6.61 Å².